The largest absolute Gasteiger partial charge is 0.489 e. The number of carbonyl (C=O) groups excluding carboxylic acids is 2. The molecule has 0 atom stereocenters. The Morgan fingerprint density at radius 1 is 1.03 bits per heavy atom. The fourth-order valence-corrected chi connectivity index (χ4v) is 4.16. The SMILES string of the molecule is CC(=O)N1CCN(C(=O)c2csc(-c3ccc(OCc4ccccc4F)cc3)n2)CC1. The van der Waals surface area contributed by atoms with Gasteiger partial charge in [-0.25, -0.2) is 9.37 Å². The van der Waals surface area contributed by atoms with Crippen LogP contribution in [0.15, 0.2) is 53.9 Å². The molecule has 2 heterocycles. The van der Waals surface area contributed by atoms with Gasteiger partial charge < -0.3 is 14.5 Å². The van der Waals surface area contributed by atoms with Crippen molar-refractivity contribution in [2.24, 2.45) is 0 Å². The maximum atomic E-state index is 13.7. The standard InChI is InChI=1S/C23H22FN3O3S/c1-16(28)26-10-12-27(13-11-26)23(29)21-15-31-22(25-21)17-6-8-19(9-7-17)30-14-18-4-2-3-5-20(18)24/h2-9,15H,10-14H2,1H3. The van der Waals surface area contributed by atoms with Gasteiger partial charge in [0.05, 0.1) is 0 Å². The highest BCUT2D eigenvalue weighted by molar-refractivity contribution is 7.13. The number of carbonyl (C=O) groups is 2. The monoisotopic (exact) mass is 439 g/mol. The zero-order valence-corrected chi connectivity index (χ0v) is 17.9. The molecule has 0 aliphatic carbocycles. The Hall–Kier alpha value is -3.26. The van der Waals surface area contributed by atoms with Crippen molar-refractivity contribution in [3.63, 3.8) is 0 Å². The fourth-order valence-electron chi connectivity index (χ4n) is 3.36. The van der Waals surface area contributed by atoms with Crippen LogP contribution < -0.4 is 4.74 Å². The van der Waals surface area contributed by atoms with Crippen LogP contribution in [0.5, 0.6) is 5.75 Å². The number of nitrogens with zero attached hydrogens (tertiary/aromatic N) is 3. The molecule has 8 heteroatoms. The highest BCUT2D eigenvalue weighted by Gasteiger charge is 2.24. The number of thiazole rings is 1. The van der Waals surface area contributed by atoms with E-state index in [0.29, 0.717) is 43.2 Å². The number of aromatic nitrogens is 1. The predicted octanol–water partition coefficient (Wildman–Crippen LogP) is 3.83. The van der Waals surface area contributed by atoms with Crippen LogP contribution in [0.25, 0.3) is 10.6 Å². The van der Waals surface area contributed by atoms with Crippen LogP contribution in [0.2, 0.25) is 0 Å². The van der Waals surface area contributed by atoms with E-state index in [-0.39, 0.29) is 24.2 Å². The number of ether oxygens (including phenoxy) is 1. The molecule has 1 saturated heterocycles. The lowest BCUT2D eigenvalue weighted by Gasteiger charge is -2.33. The Morgan fingerprint density at radius 3 is 2.39 bits per heavy atom. The van der Waals surface area contributed by atoms with Crippen molar-refractivity contribution in [1.29, 1.82) is 0 Å². The van der Waals surface area contributed by atoms with Gasteiger partial charge in [-0.2, -0.15) is 0 Å². The Labute approximate surface area is 183 Å². The van der Waals surface area contributed by atoms with Crippen molar-refractivity contribution in [3.05, 3.63) is 71.0 Å². The molecule has 0 saturated carbocycles. The molecule has 160 valence electrons. The summed E-state index contributed by atoms with van der Waals surface area (Å²) in [4.78, 5) is 32.2. The molecule has 2 amide bonds. The van der Waals surface area contributed by atoms with Crippen molar-refractivity contribution in [1.82, 2.24) is 14.8 Å². The van der Waals surface area contributed by atoms with Gasteiger partial charge in [-0.3, -0.25) is 9.59 Å². The summed E-state index contributed by atoms with van der Waals surface area (Å²) in [7, 11) is 0. The summed E-state index contributed by atoms with van der Waals surface area (Å²) in [5, 5.41) is 2.50. The van der Waals surface area contributed by atoms with Crippen LogP contribution in [-0.2, 0) is 11.4 Å². The lowest BCUT2D eigenvalue weighted by Crippen LogP contribution is -2.50. The first-order valence-electron chi connectivity index (χ1n) is 9.98. The van der Waals surface area contributed by atoms with Crippen molar-refractivity contribution in [2.45, 2.75) is 13.5 Å². The van der Waals surface area contributed by atoms with Gasteiger partial charge in [-0.15, -0.1) is 11.3 Å². The summed E-state index contributed by atoms with van der Waals surface area (Å²) >= 11 is 1.40. The minimum absolute atomic E-state index is 0.0318. The first-order valence-corrected chi connectivity index (χ1v) is 10.9. The summed E-state index contributed by atoms with van der Waals surface area (Å²) in [6.07, 6.45) is 0. The molecule has 1 aromatic heterocycles. The normalized spacial score (nSPS) is 13.9. The average molecular weight is 440 g/mol. The summed E-state index contributed by atoms with van der Waals surface area (Å²) in [5.74, 6) is 0.255. The molecule has 0 unspecified atom stereocenters. The van der Waals surface area contributed by atoms with Crippen molar-refractivity contribution in [3.8, 4) is 16.3 Å². The maximum absolute atomic E-state index is 13.7. The van der Waals surface area contributed by atoms with E-state index in [2.05, 4.69) is 4.98 Å². The van der Waals surface area contributed by atoms with Crippen LogP contribution >= 0.6 is 11.3 Å². The number of hydrogen-bond donors (Lipinski definition) is 0. The van der Waals surface area contributed by atoms with Gasteiger partial charge in [-0.05, 0) is 30.3 Å². The van der Waals surface area contributed by atoms with Crippen LogP contribution in [0.1, 0.15) is 23.0 Å². The maximum Gasteiger partial charge on any atom is 0.273 e. The third kappa shape index (κ3) is 4.91. The summed E-state index contributed by atoms with van der Waals surface area (Å²) in [5.41, 5.74) is 1.79. The molecule has 0 N–H and O–H groups in total. The molecule has 6 nitrogen and oxygen atoms in total. The van der Waals surface area contributed by atoms with Gasteiger partial charge in [0.1, 0.15) is 28.9 Å². The molecule has 1 fully saturated rings. The average Bonchev–Trinajstić information content (AvgIpc) is 3.29. The second kappa shape index (κ2) is 9.26. The van der Waals surface area contributed by atoms with E-state index < -0.39 is 0 Å². The number of amides is 2. The van der Waals surface area contributed by atoms with E-state index in [1.807, 2.05) is 12.1 Å². The second-order valence-corrected chi connectivity index (χ2v) is 8.10. The molecular formula is C23H22FN3O3S. The van der Waals surface area contributed by atoms with E-state index in [1.54, 1.807) is 52.4 Å². The minimum atomic E-state index is -0.290. The lowest BCUT2D eigenvalue weighted by molar-refractivity contribution is -0.130. The minimum Gasteiger partial charge on any atom is -0.489 e. The van der Waals surface area contributed by atoms with Crippen LogP contribution in [0.3, 0.4) is 0 Å². The zero-order valence-electron chi connectivity index (χ0n) is 17.1. The zero-order chi connectivity index (χ0) is 21.8. The summed E-state index contributed by atoms with van der Waals surface area (Å²) in [6, 6.07) is 13.9. The molecule has 31 heavy (non-hydrogen) atoms. The third-order valence-electron chi connectivity index (χ3n) is 5.19. The molecular weight excluding hydrogens is 417 g/mol. The Morgan fingerprint density at radius 2 is 1.71 bits per heavy atom. The molecule has 0 bridgehead atoms. The molecule has 1 aliphatic heterocycles. The summed E-state index contributed by atoms with van der Waals surface area (Å²) in [6.45, 7) is 3.82. The van der Waals surface area contributed by atoms with Gasteiger partial charge in [0.25, 0.3) is 5.91 Å². The third-order valence-corrected chi connectivity index (χ3v) is 6.08. The highest BCUT2D eigenvalue weighted by Crippen LogP contribution is 2.27. The summed E-state index contributed by atoms with van der Waals surface area (Å²) < 4.78 is 19.4. The molecule has 4 rings (SSSR count). The Kier molecular flexibility index (Phi) is 6.27. The fraction of sp³-hybridized carbons (Fsp3) is 0.261. The van der Waals surface area contributed by atoms with Crippen molar-refractivity contribution in [2.75, 3.05) is 26.2 Å². The Bertz CT molecular complexity index is 1080. The van der Waals surface area contributed by atoms with E-state index in [9.17, 15) is 14.0 Å². The van der Waals surface area contributed by atoms with Crippen molar-refractivity contribution >= 4 is 23.2 Å². The first kappa shape index (κ1) is 21.0. The quantitative estimate of drug-likeness (QED) is 0.606. The number of piperazine rings is 1. The van der Waals surface area contributed by atoms with Gasteiger partial charge in [0.15, 0.2) is 0 Å². The topological polar surface area (TPSA) is 62.7 Å². The number of hydrogen-bond acceptors (Lipinski definition) is 5. The van der Waals surface area contributed by atoms with E-state index in [1.165, 1.54) is 17.4 Å². The van der Waals surface area contributed by atoms with Gasteiger partial charge in [0, 0.05) is 49.6 Å². The van der Waals surface area contributed by atoms with Gasteiger partial charge in [-0.1, -0.05) is 18.2 Å². The van der Waals surface area contributed by atoms with Crippen LogP contribution in [0.4, 0.5) is 4.39 Å². The van der Waals surface area contributed by atoms with Gasteiger partial charge in [0.2, 0.25) is 5.91 Å². The molecule has 3 aromatic rings. The van der Waals surface area contributed by atoms with Gasteiger partial charge >= 0.3 is 0 Å². The lowest BCUT2D eigenvalue weighted by atomic mass is 10.2. The first-order chi connectivity index (χ1) is 15.0. The van der Waals surface area contributed by atoms with E-state index >= 15 is 0 Å². The number of halogens is 1. The van der Waals surface area contributed by atoms with Crippen LogP contribution in [0, 0.1) is 5.82 Å². The Balaban J connectivity index is 1.37. The van der Waals surface area contributed by atoms with E-state index in [4.69, 9.17) is 4.74 Å². The number of rotatable bonds is 5. The van der Waals surface area contributed by atoms with Crippen LogP contribution in [-0.4, -0.2) is 52.8 Å². The molecule has 1 aliphatic rings. The highest BCUT2D eigenvalue weighted by atomic mass is 32.1. The van der Waals surface area contributed by atoms with Crippen molar-refractivity contribution < 1.29 is 18.7 Å². The number of benzene rings is 2. The predicted molar refractivity (Wildman–Crippen MR) is 116 cm³/mol. The molecule has 0 radical (unpaired) electrons. The van der Waals surface area contributed by atoms with E-state index in [0.717, 1.165) is 10.6 Å². The second-order valence-electron chi connectivity index (χ2n) is 7.24. The smallest absolute Gasteiger partial charge is 0.273 e. The molecule has 2 aromatic carbocycles. The molecule has 0 spiro atoms.